The van der Waals surface area contributed by atoms with Crippen LogP contribution in [-0.2, 0) is 5.41 Å². The summed E-state index contributed by atoms with van der Waals surface area (Å²) in [6.07, 6.45) is 1.77. The fourth-order valence-electron chi connectivity index (χ4n) is 2.66. The van der Waals surface area contributed by atoms with Gasteiger partial charge in [0.2, 0.25) is 0 Å². The molecule has 0 aliphatic heterocycles. The van der Waals surface area contributed by atoms with Crippen molar-refractivity contribution in [3.63, 3.8) is 0 Å². The van der Waals surface area contributed by atoms with E-state index in [-0.39, 0.29) is 5.41 Å². The van der Waals surface area contributed by atoms with Crippen molar-refractivity contribution in [3.05, 3.63) is 53.2 Å². The highest BCUT2D eigenvalue weighted by Gasteiger charge is 2.21. The first-order chi connectivity index (χ1) is 10.9. The summed E-state index contributed by atoms with van der Waals surface area (Å²) in [5, 5.41) is 1.58. The molecule has 1 aromatic carbocycles. The molecule has 0 spiro atoms. The molecule has 3 nitrogen and oxygen atoms in total. The summed E-state index contributed by atoms with van der Waals surface area (Å²) in [6.45, 7) is 6.55. The van der Waals surface area contributed by atoms with Crippen LogP contribution in [0.1, 0.15) is 26.3 Å². The van der Waals surface area contributed by atoms with E-state index in [0.717, 1.165) is 22.3 Å². The summed E-state index contributed by atoms with van der Waals surface area (Å²) in [5.74, 6) is 0.629. The zero-order valence-electron chi connectivity index (χ0n) is 13.7. The number of methoxy groups -OCH3 is 1. The fraction of sp³-hybridized carbons (Fsp3) is 0.263. The van der Waals surface area contributed by atoms with E-state index in [1.807, 2.05) is 30.3 Å². The van der Waals surface area contributed by atoms with Gasteiger partial charge in [-0.3, -0.25) is 4.98 Å². The number of nitrogens with zero attached hydrogens (tertiary/aromatic N) is 2. The normalized spacial score (nSPS) is 11.7. The van der Waals surface area contributed by atoms with Crippen molar-refractivity contribution < 1.29 is 4.74 Å². The summed E-state index contributed by atoms with van der Waals surface area (Å²) in [5.41, 5.74) is 3.55. The monoisotopic (exact) mass is 326 g/mol. The molecule has 0 atom stereocenters. The number of hydrogen-bond acceptors (Lipinski definition) is 3. The lowest BCUT2D eigenvalue weighted by atomic mass is 9.84. The van der Waals surface area contributed by atoms with Crippen molar-refractivity contribution >= 4 is 22.5 Å². The van der Waals surface area contributed by atoms with E-state index >= 15 is 0 Å². The second-order valence-electron chi connectivity index (χ2n) is 6.50. The minimum atomic E-state index is -0.0390. The third kappa shape index (κ3) is 2.89. The Hall–Kier alpha value is -2.13. The molecular weight excluding hydrogens is 308 g/mol. The molecule has 0 saturated heterocycles. The molecule has 0 aliphatic carbocycles. The summed E-state index contributed by atoms with van der Waals surface area (Å²) in [4.78, 5) is 9.17. The lowest BCUT2D eigenvalue weighted by Gasteiger charge is -2.23. The highest BCUT2D eigenvalue weighted by atomic mass is 35.5. The first-order valence-electron chi connectivity index (χ1n) is 7.51. The van der Waals surface area contributed by atoms with E-state index in [2.05, 4.69) is 31.8 Å². The average molecular weight is 327 g/mol. The third-order valence-corrected chi connectivity index (χ3v) is 4.20. The molecule has 4 heteroatoms. The number of pyridine rings is 2. The van der Waals surface area contributed by atoms with Crippen molar-refractivity contribution in [1.29, 1.82) is 0 Å². The van der Waals surface area contributed by atoms with Gasteiger partial charge in [-0.2, -0.15) is 0 Å². The quantitative estimate of drug-likeness (QED) is 0.644. The van der Waals surface area contributed by atoms with Gasteiger partial charge in [-0.15, -0.1) is 0 Å². The Bertz CT molecular complexity index is 855. The molecule has 23 heavy (non-hydrogen) atoms. The van der Waals surface area contributed by atoms with E-state index in [4.69, 9.17) is 21.3 Å². The molecule has 0 N–H and O–H groups in total. The zero-order valence-corrected chi connectivity index (χ0v) is 14.5. The minimum absolute atomic E-state index is 0.0390. The highest BCUT2D eigenvalue weighted by molar-refractivity contribution is 6.36. The van der Waals surface area contributed by atoms with Gasteiger partial charge in [0, 0.05) is 11.6 Å². The molecule has 0 saturated carbocycles. The maximum absolute atomic E-state index is 6.52. The summed E-state index contributed by atoms with van der Waals surface area (Å²) >= 11 is 6.52. The molecule has 0 radical (unpaired) electrons. The molecular formula is C19H19ClN2O. The number of rotatable bonds is 2. The van der Waals surface area contributed by atoms with Crippen LogP contribution in [0.3, 0.4) is 0 Å². The maximum Gasteiger partial charge on any atom is 0.139 e. The molecule has 3 rings (SSSR count). The van der Waals surface area contributed by atoms with Crippen LogP contribution < -0.4 is 4.74 Å². The van der Waals surface area contributed by atoms with Crippen LogP contribution in [0.25, 0.3) is 22.3 Å². The van der Waals surface area contributed by atoms with Crippen molar-refractivity contribution in [3.8, 4) is 17.1 Å². The summed E-state index contributed by atoms with van der Waals surface area (Å²) in [7, 11) is 1.61. The van der Waals surface area contributed by atoms with Crippen LogP contribution in [-0.4, -0.2) is 17.1 Å². The van der Waals surface area contributed by atoms with Gasteiger partial charge in [0.25, 0.3) is 0 Å². The van der Waals surface area contributed by atoms with E-state index in [1.165, 1.54) is 5.56 Å². The number of halogens is 1. The van der Waals surface area contributed by atoms with Crippen LogP contribution in [0.5, 0.6) is 5.75 Å². The molecule has 0 unspecified atom stereocenters. The van der Waals surface area contributed by atoms with Crippen LogP contribution in [0.15, 0.2) is 42.6 Å². The summed E-state index contributed by atoms with van der Waals surface area (Å²) < 4.78 is 5.34. The minimum Gasteiger partial charge on any atom is -0.495 e. The van der Waals surface area contributed by atoms with Gasteiger partial charge < -0.3 is 4.74 Å². The van der Waals surface area contributed by atoms with Crippen molar-refractivity contribution in [1.82, 2.24) is 9.97 Å². The number of aromatic nitrogens is 2. The van der Waals surface area contributed by atoms with Gasteiger partial charge in [-0.1, -0.05) is 38.4 Å². The SMILES string of the molecule is COc1ccc2c(C(C)(C)C)cc(-c3ccccn3)nc2c1Cl. The molecule has 0 amide bonds. The second-order valence-corrected chi connectivity index (χ2v) is 6.88. The van der Waals surface area contributed by atoms with Crippen molar-refractivity contribution in [2.45, 2.75) is 26.2 Å². The Labute approximate surface area is 141 Å². The second kappa shape index (κ2) is 5.82. The van der Waals surface area contributed by atoms with Crippen LogP contribution in [0, 0.1) is 0 Å². The lowest BCUT2D eigenvalue weighted by Crippen LogP contribution is -2.13. The molecule has 118 valence electrons. The topological polar surface area (TPSA) is 35.0 Å². The number of hydrogen-bond donors (Lipinski definition) is 0. The van der Waals surface area contributed by atoms with Gasteiger partial charge in [0.15, 0.2) is 0 Å². The first kappa shape index (κ1) is 15.8. The number of fused-ring (bicyclic) bond motifs is 1. The molecule has 0 fully saturated rings. The average Bonchev–Trinajstić information content (AvgIpc) is 2.54. The number of benzene rings is 1. The van der Waals surface area contributed by atoms with Gasteiger partial charge in [0.1, 0.15) is 10.8 Å². The Balaban J connectivity index is 2.38. The smallest absolute Gasteiger partial charge is 0.139 e. The Morgan fingerprint density at radius 1 is 1.04 bits per heavy atom. The van der Waals surface area contributed by atoms with E-state index in [1.54, 1.807) is 13.3 Å². The molecule has 0 bridgehead atoms. The van der Waals surface area contributed by atoms with Crippen LogP contribution in [0.4, 0.5) is 0 Å². The largest absolute Gasteiger partial charge is 0.495 e. The lowest BCUT2D eigenvalue weighted by molar-refractivity contribution is 0.415. The van der Waals surface area contributed by atoms with E-state index in [9.17, 15) is 0 Å². The predicted octanol–water partition coefficient (Wildman–Crippen LogP) is 5.26. The van der Waals surface area contributed by atoms with Crippen LogP contribution in [0.2, 0.25) is 5.02 Å². The Kier molecular flexibility index (Phi) is 3.99. The third-order valence-electron chi connectivity index (χ3n) is 3.84. The Morgan fingerprint density at radius 2 is 1.83 bits per heavy atom. The predicted molar refractivity (Wildman–Crippen MR) is 95.2 cm³/mol. The van der Waals surface area contributed by atoms with Gasteiger partial charge in [-0.25, -0.2) is 4.98 Å². The van der Waals surface area contributed by atoms with E-state index in [0.29, 0.717) is 10.8 Å². The van der Waals surface area contributed by atoms with Crippen molar-refractivity contribution in [2.75, 3.05) is 7.11 Å². The van der Waals surface area contributed by atoms with Gasteiger partial charge in [0.05, 0.1) is 24.0 Å². The first-order valence-corrected chi connectivity index (χ1v) is 7.89. The van der Waals surface area contributed by atoms with Crippen LogP contribution >= 0.6 is 11.6 Å². The highest BCUT2D eigenvalue weighted by Crippen LogP contribution is 2.38. The van der Waals surface area contributed by atoms with Crippen molar-refractivity contribution in [2.24, 2.45) is 0 Å². The fourth-order valence-corrected chi connectivity index (χ4v) is 2.95. The molecule has 2 aromatic heterocycles. The zero-order chi connectivity index (χ0) is 16.6. The Morgan fingerprint density at radius 3 is 2.43 bits per heavy atom. The maximum atomic E-state index is 6.52. The number of ether oxygens (including phenoxy) is 1. The molecule has 2 heterocycles. The van der Waals surface area contributed by atoms with E-state index < -0.39 is 0 Å². The molecule has 0 aliphatic rings. The van der Waals surface area contributed by atoms with Gasteiger partial charge >= 0.3 is 0 Å². The summed E-state index contributed by atoms with van der Waals surface area (Å²) in [6, 6.07) is 11.8. The van der Waals surface area contributed by atoms with Gasteiger partial charge in [-0.05, 0) is 41.3 Å². The molecule has 3 aromatic rings. The standard InChI is InChI=1S/C19H19ClN2O/c1-19(2,3)13-11-15(14-7-5-6-10-21-14)22-18-12(13)8-9-16(23-4)17(18)20/h5-11H,1-4H3.